The second kappa shape index (κ2) is 4.80. The first-order valence-corrected chi connectivity index (χ1v) is 7.37. The molecule has 0 radical (unpaired) electrons. The van der Waals surface area contributed by atoms with Gasteiger partial charge in [-0.1, -0.05) is 11.6 Å². The minimum atomic E-state index is -0.128. The lowest BCUT2D eigenvalue weighted by atomic mass is 9.88. The zero-order valence-corrected chi connectivity index (χ0v) is 10.5. The highest BCUT2D eigenvalue weighted by Gasteiger charge is 2.30. The molecular formula is C12H16N2O2S. The molecule has 3 rings (SSSR count). The minimum Gasteiger partial charge on any atom is -0.339 e. The van der Waals surface area contributed by atoms with E-state index in [0.29, 0.717) is 17.6 Å². The fourth-order valence-corrected chi connectivity index (χ4v) is 3.74. The molecule has 1 saturated carbocycles. The van der Waals surface area contributed by atoms with Crippen molar-refractivity contribution in [1.29, 1.82) is 0 Å². The van der Waals surface area contributed by atoms with Crippen molar-refractivity contribution in [3.8, 4) is 0 Å². The second-order valence-corrected chi connectivity index (χ2v) is 6.07. The Balaban J connectivity index is 1.76. The van der Waals surface area contributed by atoms with Gasteiger partial charge in [-0.2, -0.15) is 16.7 Å². The Labute approximate surface area is 105 Å². The van der Waals surface area contributed by atoms with Gasteiger partial charge in [-0.05, 0) is 31.4 Å². The van der Waals surface area contributed by atoms with Gasteiger partial charge in [-0.3, -0.25) is 4.79 Å². The first-order chi connectivity index (χ1) is 8.34. The predicted molar refractivity (Wildman–Crippen MR) is 64.9 cm³/mol. The van der Waals surface area contributed by atoms with Crippen LogP contribution in [0.4, 0.5) is 0 Å². The van der Waals surface area contributed by atoms with Crippen LogP contribution < -0.4 is 0 Å². The SMILES string of the molecule is O=C1CCCCC1c1nc(C2CCCS2)no1. The summed E-state index contributed by atoms with van der Waals surface area (Å²) in [4.78, 5) is 16.2. The van der Waals surface area contributed by atoms with Crippen molar-refractivity contribution in [3.05, 3.63) is 11.7 Å². The van der Waals surface area contributed by atoms with E-state index in [1.165, 1.54) is 12.2 Å². The third-order valence-corrected chi connectivity index (χ3v) is 4.90. The number of thioether (sulfide) groups is 1. The normalized spacial score (nSPS) is 29.8. The Bertz CT molecular complexity index is 412. The molecule has 2 unspecified atom stereocenters. The molecule has 1 aromatic heterocycles. The van der Waals surface area contributed by atoms with E-state index in [4.69, 9.17) is 4.52 Å². The van der Waals surface area contributed by atoms with E-state index in [0.717, 1.165) is 31.5 Å². The van der Waals surface area contributed by atoms with Crippen molar-refractivity contribution in [2.75, 3.05) is 5.75 Å². The number of hydrogen-bond donors (Lipinski definition) is 0. The van der Waals surface area contributed by atoms with Gasteiger partial charge in [0.25, 0.3) is 0 Å². The van der Waals surface area contributed by atoms with Crippen LogP contribution in [0, 0.1) is 0 Å². The molecule has 0 spiro atoms. The molecular weight excluding hydrogens is 236 g/mol. The number of carbonyl (C=O) groups is 1. The van der Waals surface area contributed by atoms with Crippen molar-refractivity contribution in [1.82, 2.24) is 10.1 Å². The summed E-state index contributed by atoms with van der Waals surface area (Å²) in [5.74, 6) is 2.66. The molecule has 0 N–H and O–H groups in total. The number of ketones is 1. The number of carbonyl (C=O) groups excluding carboxylic acids is 1. The lowest BCUT2D eigenvalue weighted by Crippen LogP contribution is -2.17. The highest BCUT2D eigenvalue weighted by Crippen LogP contribution is 2.39. The Kier molecular flexibility index (Phi) is 3.18. The molecule has 1 aromatic rings. The largest absolute Gasteiger partial charge is 0.339 e. The van der Waals surface area contributed by atoms with Gasteiger partial charge in [0, 0.05) is 6.42 Å². The summed E-state index contributed by atoms with van der Waals surface area (Å²) in [6, 6.07) is 0. The Morgan fingerprint density at radius 2 is 2.18 bits per heavy atom. The topological polar surface area (TPSA) is 56.0 Å². The zero-order valence-electron chi connectivity index (χ0n) is 9.72. The predicted octanol–water partition coefficient (Wildman–Crippen LogP) is 2.86. The lowest BCUT2D eigenvalue weighted by molar-refractivity contribution is -0.122. The van der Waals surface area contributed by atoms with E-state index < -0.39 is 0 Å². The molecule has 2 aliphatic rings. The summed E-state index contributed by atoms with van der Waals surface area (Å²) in [7, 11) is 0. The van der Waals surface area contributed by atoms with Crippen molar-refractivity contribution in [3.63, 3.8) is 0 Å². The van der Waals surface area contributed by atoms with E-state index in [-0.39, 0.29) is 11.7 Å². The zero-order chi connectivity index (χ0) is 11.7. The van der Waals surface area contributed by atoms with E-state index in [9.17, 15) is 4.79 Å². The summed E-state index contributed by atoms with van der Waals surface area (Å²) in [6.07, 6.45) is 5.99. The summed E-state index contributed by atoms with van der Waals surface area (Å²) in [5.41, 5.74) is 0. The average Bonchev–Trinajstić information content (AvgIpc) is 3.00. The molecule has 1 aliphatic carbocycles. The number of Topliss-reactive ketones (excluding diaryl/α,β-unsaturated/α-hetero) is 1. The van der Waals surface area contributed by atoms with Crippen molar-refractivity contribution in [2.45, 2.75) is 49.7 Å². The first kappa shape index (κ1) is 11.3. The molecule has 2 heterocycles. The number of nitrogens with zero attached hydrogens (tertiary/aromatic N) is 2. The second-order valence-electron chi connectivity index (χ2n) is 4.76. The van der Waals surface area contributed by atoms with Crippen LogP contribution in [0.2, 0.25) is 0 Å². The Morgan fingerprint density at radius 3 is 2.94 bits per heavy atom. The third kappa shape index (κ3) is 2.25. The molecule has 5 heteroatoms. The smallest absolute Gasteiger partial charge is 0.237 e. The Morgan fingerprint density at radius 1 is 1.24 bits per heavy atom. The van der Waals surface area contributed by atoms with Gasteiger partial charge in [-0.15, -0.1) is 0 Å². The summed E-state index contributed by atoms with van der Waals surface area (Å²) in [5, 5.41) is 4.43. The number of hydrogen-bond acceptors (Lipinski definition) is 5. The van der Waals surface area contributed by atoms with Crippen molar-refractivity contribution in [2.24, 2.45) is 0 Å². The van der Waals surface area contributed by atoms with E-state index in [2.05, 4.69) is 10.1 Å². The lowest BCUT2D eigenvalue weighted by Gasteiger charge is -2.16. The van der Waals surface area contributed by atoms with Gasteiger partial charge in [0.15, 0.2) is 5.82 Å². The van der Waals surface area contributed by atoms with Crippen LogP contribution in [0.15, 0.2) is 4.52 Å². The van der Waals surface area contributed by atoms with Gasteiger partial charge in [0.1, 0.15) is 5.78 Å². The molecule has 0 bridgehead atoms. The van der Waals surface area contributed by atoms with Crippen molar-refractivity contribution >= 4 is 17.5 Å². The quantitative estimate of drug-likeness (QED) is 0.810. The van der Waals surface area contributed by atoms with Crippen LogP contribution in [-0.4, -0.2) is 21.7 Å². The monoisotopic (exact) mass is 252 g/mol. The summed E-state index contributed by atoms with van der Waals surface area (Å²) < 4.78 is 5.29. The van der Waals surface area contributed by atoms with Gasteiger partial charge in [0.05, 0.1) is 11.2 Å². The van der Waals surface area contributed by atoms with Crippen LogP contribution >= 0.6 is 11.8 Å². The fourth-order valence-electron chi connectivity index (χ4n) is 2.54. The van der Waals surface area contributed by atoms with E-state index >= 15 is 0 Å². The standard InChI is InChI=1S/C12H16N2O2S/c15-9-5-2-1-4-8(9)12-13-11(14-16-12)10-6-3-7-17-10/h8,10H,1-7H2. The maximum Gasteiger partial charge on any atom is 0.237 e. The van der Waals surface area contributed by atoms with E-state index in [1.807, 2.05) is 11.8 Å². The number of rotatable bonds is 2. The molecule has 92 valence electrons. The van der Waals surface area contributed by atoms with Crippen LogP contribution in [0.25, 0.3) is 0 Å². The molecule has 0 aromatic carbocycles. The highest BCUT2D eigenvalue weighted by atomic mass is 32.2. The molecule has 2 fully saturated rings. The minimum absolute atomic E-state index is 0.128. The maximum atomic E-state index is 11.8. The van der Waals surface area contributed by atoms with Gasteiger partial charge < -0.3 is 4.52 Å². The number of aromatic nitrogens is 2. The first-order valence-electron chi connectivity index (χ1n) is 6.32. The molecule has 2 atom stereocenters. The van der Waals surface area contributed by atoms with Crippen LogP contribution in [0.3, 0.4) is 0 Å². The summed E-state index contributed by atoms with van der Waals surface area (Å²) in [6.45, 7) is 0. The third-order valence-electron chi connectivity index (χ3n) is 3.53. The molecule has 4 nitrogen and oxygen atoms in total. The van der Waals surface area contributed by atoms with Gasteiger partial charge in [-0.25, -0.2) is 0 Å². The average molecular weight is 252 g/mol. The van der Waals surface area contributed by atoms with Crippen LogP contribution in [0.5, 0.6) is 0 Å². The van der Waals surface area contributed by atoms with Gasteiger partial charge in [0.2, 0.25) is 5.89 Å². The Hall–Kier alpha value is -0.840. The molecule has 0 amide bonds. The maximum absolute atomic E-state index is 11.8. The van der Waals surface area contributed by atoms with E-state index in [1.54, 1.807) is 0 Å². The molecule has 1 saturated heterocycles. The van der Waals surface area contributed by atoms with Crippen LogP contribution in [-0.2, 0) is 4.79 Å². The van der Waals surface area contributed by atoms with Crippen LogP contribution in [0.1, 0.15) is 61.4 Å². The molecule has 17 heavy (non-hydrogen) atoms. The highest BCUT2D eigenvalue weighted by molar-refractivity contribution is 7.99. The summed E-state index contributed by atoms with van der Waals surface area (Å²) >= 11 is 1.89. The van der Waals surface area contributed by atoms with Crippen molar-refractivity contribution < 1.29 is 9.32 Å². The fraction of sp³-hybridized carbons (Fsp3) is 0.750. The molecule has 1 aliphatic heterocycles. The van der Waals surface area contributed by atoms with Gasteiger partial charge >= 0.3 is 0 Å².